The lowest BCUT2D eigenvalue weighted by molar-refractivity contribution is -0.0133. The number of fused-ring (bicyclic) bond motifs is 1. The molecule has 9 heteroatoms. The number of nitrogens with one attached hydrogen (secondary N) is 2. The van der Waals surface area contributed by atoms with E-state index in [-0.39, 0.29) is 23.5 Å². The zero-order chi connectivity index (χ0) is 20.3. The van der Waals surface area contributed by atoms with Gasteiger partial charge in [0, 0.05) is 28.8 Å². The molecule has 0 spiro atoms. The number of aromatic nitrogens is 2. The van der Waals surface area contributed by atoms with Gasteiger partial charge in [-0.1, -0.05) is 22.9 Å². The molecular formula is C19H20BrFN4O3. The Hall–Kier alpha value is -2.49. The molecule has 1 atom stereocenters. The van der Waals surface area contributed by atoms with Gasteiger partial charge in [-0.3, -0.25) is 9.63 Å². The number of nitrogens with zero attached hydrogens (tertiary/aromatic N) is 2. The Morgan fingerprint density at radius 1 is 1.46 bits per heavy atom. The molecule has 3 aromatic rings. The van der Waals surface area contributed by atoms with Crippen molar-refractivity contribution >= 4 is 38.9 Å². The second-order valence-electron chi connectivity index (χ2n) is 6.28. The number of imidazole rings is 1. The van der Waals surface area contributed by atoms with Crippen LogP contribution in [0.1, 0.15) is 29.3 Å². The van der Waals surface area contributed by atoms with Crippen LogP contribution >= 0.6 is 15.9 Å². The number of pyridine rings is 1. The Bertz CT molecular complexity index is 1010. The van der Waals surface area contributed by atoms with Gasteiger partial charge in [0.05, 0.1) is 17.4 Å². The van der Waals surface area contributed by atoms with Gasteiger partial charge >= 0.3 is 0 Å². The first-order valence-electron chi connectivity index (χ1n) is 8.69. The molecular weight excluding hydrogens is 431 g/mol. The van der Waals surface area contributed by atoms with Crippen LogP contribution in [0.25, 0.3) is 5.65 Å². The Morgan fingerprint density at radius 3 is 2.96 bits per heavy atom. The summed E-state index contributed by atoms with van der Waals surface area (Å²) in [6, 6.07) is 5.48. The molecule has 28 heavy (non-hydrogen) atoms. The van der Waals surface area contributed by atoms with Crippen LogP contribution < -0.4 is 10.8 Å². The van der Waals surface area contributed by atoms with Crippen LogP contribution in [0, 0.1) is 12.7 Å². The molecule has 148 valence electrons. The predicted molar refractivity (Wildman–Crippen MR) is 107 cm³/mol. The number of benzene rings is 1. The van der Waals surface area contributed by atoms with Crippen molar-refractivity contribution in [2.24, 2.45) is 0 Å². The molecule has 1 aromatic carbocycles. The van der Waals surface area contributed by atoms with Gasteiger partial charge in [0.15, 0.2) is 11.5 Å². The van der Waals surface area contributed by atoms with E-state index in [1.54, 1.807) is 19.2 Å². The molecule has 2 aromatic heterocycles. The van der Waals surface area contributed by atoms with Crippen LogP contribution in [-0.2, 0) is 4.84 Å². The van der Waals surface area contributed by atoms with Crippen LogP contribution in [0.4, 0.5) is 15.8 Å². The number of hydrogen-bond acceptors (Lipinski definition) is 5. The summed E-state index contributed by atoms with van der Waals surface area (Å²) in [6.45, 7) is 3.60. The van der Waals surface area contributed by atoms with E-state index in [9.17, 15) is 9.90 Å². The van der Waals surface area contributed by atoms with Crippen molar-refractivity contribution in [2.45, 2.75) is 26.4 Å². The lowest BCUT2D eigenvalue weighted by Crippen LogP contribution is -2.29. The lowest BCUT2D eigenvalue weighted by atomic mass is 10.1. The second kappa shape index (κ2) is 8.68. The molecule has 0 saturated carbocycles. The molecule has 1 amide bonds. The minimum atomic E-state index is -0.698. The fraction of sp³-hybridized carbons (Fsp3) is 0.263. The highest BCUT2D eigenvalue weighted by molar-refractivity contribution is 9.10. The minimum absolute atomic E-state index is 0.0127. The zero-order valence-corrected chi connectivity index (χ0v) is 17.0. The minimum Gasteiger partial charge on any atom is -0.391 e. The summed E-state index contributed by atoms with van der Waals surface area (Å²) in [5.41, 5.74) is 3.88. The van der Waals surface area contributed by atoms with Crippen LogP contribution in [-0.4, -0.2) is 33.1 Å². The van der Waals surface area contributed by atoms with Crippen molar-refractivity contribution in [3.63, 3.8) is 0 Å². The number of hydrogen-bond donors (Lipinski definition) is 3. The van der Waals surface area contributed by atoms with Gasteiger partial charge in [0.25, 0.3) is 5.91 Å². The lowest BCUT2D eigenvalue weighted by Gasteiger charge is -2.16. The SMILES string of the molecule is CC[C@H](O)CONC(=O)c1cn2ccnc2c(F)c1Nc1ccc(Br)cc1C. The van der Waals surface area contributed by atoms with Gasteiger partial charge in [-0.05, 0) is 37.1 Å². The van der Waals surface area contributed by atoms with Crippen molar-refractivity contribution in [1.29, 1.82) is 0 Å². The Morgan fingerprint density at radius 2 is 2.25 bits per heavy atom. The Kier molecular flexibility index (Phi) is 6.28. The topological polar surface area (TPSA) is 87.9 Å². The molecule has 0 radical (unpaired) electrons. The highest BCUT2D eigenvalue weighted by Crippen LogP contribution is 2.29. The molecule has 0 unspecified atom stereocenters. The van der Waals surface area contributed by atoms with E-state index in [1.807, 2.05) is 19.1 Å². The molecule has 0 aliphatic carbocycles. The first kappa shape index (κ1) is 20.2. The first-order chi connectivity index (χ1) is 13.4. The van der Waals surface area contributed by atoms with Gasteiger partial charge in [-0.15, -0.1) is 0 Å². The van der Waals surface area contributed by atoms with Gasteiger partial charge in [0.1, 0.15) is 6.61 Å². The molecule has 0 aliphatic heterocycles. The van der Waals surface area contributed by atoms with Crippen molar-refractivity contribution in [3.05, 3.63) is 58.2 Å². The summed E-state index contributed by atoms with van der Waals surface area (Å²) in [5, 5.41) is 12.5. The van der Waals surface area contributed by atoms with Crippen molar-refractivity contribution < 1.29 is 19.1 Å². The number of amides is 1. The van der Waals surface area contributed by atoms with Crippen molar-refractivity contribution in [1.82, 2.24) is 14.9 Å². The third-order valence-electron chi connectivity index (χ3n) is 4.23. The van der Waals surface area contributed by atoms with Crippen molar-refractivity contribution in [2.75, 3.05) is 11.9 Å². The van der Waals surface area contributed by atoms with E-state index in [0.29, 0.717) is 12.1 Å². The van der Waals surface area contributed by atoms with Gasteiger partial charge in [-0.2, -0.15) is 0 Å². The number of aliphatic hydroxyl groups excluding tert-OH is 1. The van der Waals surface area contributed by atoms with Gasteiger partial charge < -0.3 is 14.8 Å². The molecule has 0 saturated heterocycles. The summed E-state index contributed by atoms with van der Waals surface area (Å²) >= 11 is 3.39. The maximum atomic E-state index is 15.1. The summed E-state index contributed by atoms with van der Waals surface area (Å²) in [6.07, 6.45) is 4.25. The van der Waals surface area contributed by atoms with Crippen LogP contribution in [0.15, 0.2) is 41.3 Å². The number of hydroxylamine groups is 1. The fourth-order valence-corrected chi connectivity index (χ4v) is 3.07. The number of aryl methyl sites for hydroxylation is 1. The summed E-state index contributed by atoms with van der Waals surface area (Å²) < 4.78 is 17.4. The van der Waals surface area contributed by atoms with Crippen molar-refractivity contribution in [3.8, 4) is 0 Å². The molecule has 3 rings (SSSR count). The molecule has 0 bridgehead atoms. The van der Waals surface area contributed by atoms with Crippen LogP contribution in [0.5, 0.6) is 0 Å². The molecule has 7 nitrogen and oxygen atoms in total. The van der Waals surface area contributed by atoms with E-state index in [4.69, 9.17) is 4.84 Å². The summed E-state index contributed by atoms with van der Waals surface area (Å²) in [4.78, 5) is 21.7. The number of halogens is 2. The van der Waals surface area contributed by atoms with Crippen LogP contribution in [0.2, 0.25) is 0 Å². The fourth-order valence-electron chi connectivity index (χ4n) is 2.59. The Balaban J connectivity index is 1.96. The second-order valence-corrected chi connectivity index (χ2v) is 7.19. The van der Waals surface area contributed by atoms with E-state index in [0.717, 1.165) is 10.0 Å². The highest BCUT2D eigenvalue weighted by Gasteiger charge is 2.21. The predicted octanol–water partition coefficient (Wildman–Crippen LogP) is 3.72. The van der Waals surface area contributed by atoms with Gasteiger partial charge in [0.2, 0.25) is 0 Å². The average molecular weight is 451 g/mol. The molecule has 0 aliphatic rings. The first-order valence-corrected chi connectivity index (χ1v) is 9.48. The van der Waals surface area contributed by atoms with E-state index < -0.39 is 17.8 Å². The number of anilines is 2. The summed E-state index contributed by atoms with van der Waals surface area (Å²) in [5.74, 6) is -1.30. The quantitative estimate of drug-likeness (QED) is 0.477. The van der Waals surface area contributed by atoms with E-state index in [2.05, 4.69) is 31.7 Å². The summed E-state index contributed by atoms with van der Waals surface area (Å²) in [7, 11) is 0. The smallest absolute Gasteiger partial charge is 0.278 e. The highest BCUT2D eigenvalue weighted by atomic mass is 79.9. The monoisotopic (exact) mass is 450 g/mol. The third-order valence-corrected chi connectivity index (χ3v) is 4.72. The Labute approximate surface area is 169 Å². The maximum Gasteiger partial charge on any atom is 0.278 e. The number of carbonyl (C=O) groups excluding carboxylic acids is 1. The largest absolute Gasteiger partial charge is 0.391 e. The number of carbonyl (C=O) groups is 1. The average Bonchev–Trinajstić information content (AvgIpc) is 3.14. The van der Waals surface area contributed by atoms with E-state index in [1.165, 1.54) is 16.8 Å². The molecule has 3 N–H and O–H groups in total. The normalized spacial score (nSPS) is 12.2. The zero-order valence-electron chi connectivity index (χ0n) is 15.4. The standard InChI is InChI=1S/C19H20BrFN4O3/c1-3-13(26)10-28-24-19(27)14-9-25-7-6-22-18(25)16(21)17(14)23-15-5-4-12(20)8-11(15)2/h4-9,13,23,26H,3,10H2,1-2H3,(H,24,27)/t13-/m0/s1. The molecule has 2 heterocycles. The van der Waals surface area contributed by atoms with Gasteiger partial charge in [-0.25, -0.2) is 14.9 Å². The molecule has 0 fully saturated rings. The maximum absolute atomic E-state index is 15.1. The van der Waals surface area contributed by atoms with Crippen LogP contribution in [0.3, 0.4) is 0 Å². The third kappa shape index (κ3) is 4.32. The van der Waals surface area contributed by atoms with E-state index >= 15 is 4.39 Å². The number of rotatable bonds is 7. The number of aliphatic hydroxyl groups is 1.